The quantitative estimate of drug-likeness (QED) is 0.656. The number of anilines is 3. The number of aryl methyl sites for hydroxylation is 3. The van der Waals surface area contributed by atoms with Crippen LogP contribution in [-0.2, 0) is 10.0 Å². The predicted octanol–water partition coefficient (Wildman–Crippen LogP) is 3.66. The molecule has 31 heavy (non-hydrogen) atoms. The van der Waals surface area contributed by atoms with Crippen LogP contribution in [0.15, 0.2) is 59.5 Å². The topological polar surface area (TPSA) is 78.4 Å². The van der Waals surface area contributed by atoms with Crippen molar-refractivity contribution in [2.45, 2.75) is 25.7 Å². The summed E-state index contributed by atoms with van der Waals surface area (Å²) in [6.45, 7) is 7.69. The first-order chi connectivity index (χ1) is 14.8. The summed E-state index contributed by atoms with van der Waals surface area (Å²) < 4.78 is 28.1. The Balaban J connectivity index is 1.43. The molecule has 3 aromatic rings. The maximum absolute atomic E-state index is 13.3. The van der Waals surface area contributed by atoms with E-state index in [4.69, 9.17) is 0 Å². The summed E-state index contributed by atoms with van der Waals surface area (Å²) in [4.78, 5) is 2.50. The summed E-state index contributed by atoms with van der Waals surface area (Å²) in [5, 5.41) is 11.8. The number of nitrogens with zero attached hydrogens (tertiary/aromatic N) is 4. The zero-order chi connectivity index (χ0) is 22.0. The highest BCUT2D eigenvalue weighted by Gasteiger charge is 2.31. The van der Waals surface area contributed by atoms with E-state index in [-0.39, 0.29) is 0 Å². The Labute approximate surface area is 183 Å². The van der Waals surface area contributed by atoms with Gasteiger partial charge in [0.2, 0.25) is 10.0 Å². The Hall–Kier alpha value is -2.97. The van der Waals surface area contributed by atoms with Crippen molar-refractivity contribution in [3.8, 4) is 0 Å². The number of aromatic nitrogens is 2. The second kappa shape index (κ2) is 8.64. The van der Waals surface area contributed by atoms with Gasteiger partial charge in [-0.15, -0.1) is 10.2 Å². The van der Waals surface area contributed by atoms with Gasteiger partial charge in [0.15, 0.2) is 11.6 Å². The van der Waals surface area contributed by atoms with Crippen LogP contribution in [0.5, 0.6) is 0 Å². The van der Waals surface area contributed by atoms with Gasteiger partial charge in [-0.05, 0) is 56.2 Å². The van der Waals surface area contributed by atoms with Crippen LogP contribution in [0.1, 0.15) is 16.7 Å². The van der Waals surface area contributed by atoms with Crippen molar-refractivity contribution in [2.24, 2.45) is 0 Å². The number of hydrogen-bond acceptors (Lipinski definition) is 6. The van der Waals surface area contributed by atoms with Crippen LogP contribution < -0.4 is 10.2 Å². The largest absolute Gasteiger partial charge is 0.352 e. The normalized spacial score (nSPS) is 15.1. The van der Waals surface area contributed by atoms with Gasteiger partial charge in [-0.2, -0.15) is 4.31 Å². The summed E-state index contributed by atoms with van der Waals surface area (Å²) in [6, 6.07) is 17.5. The van der Waals surface area contributed by atoms with Gasteiger partial charge in [0, 0.05) is 31.9 Å². The third-order valence-corrected chi connectivity index (χ3v) is 7.67. The number of piperazine rings is 1. The molecule has 0 amide bonds. The van der Waals surface area contributed by atoms with Crippen LogP contribution in [0.2, 0.25) is 0 Å². The lowest BCUT2D eigenvalue weighted by molar-refractivity contribution is 0.383. The Morgan fingerprint density at radius 1 is 0.839 bits per heavy atom. The van der Waals surface area contributed by atoms with Gasteiger partial charge in [-0.25, -0.2) is 8.42 Å². The highest BCUT2D eigenvalue weighted by atomic mass is 32.2. The minimum Gasteiger partial charge on any atom is -0.352 e. The molecule has 1 aliphatic heterocycles. The average Bonchev–Trinajstić information content (AvgIpc) is 2.74. The van der Waals surface area contributed by atoms with Gasteiger partial charge in [0.25, 0.3) is 0 Å². The molecule has 2 aromatic carbocycles. The first kappa shape index (κ1) is 21.3. The highest BCUT2D eigenvalue weighted by Crippen LogP contribution is 2.27. The van der Waals surface area contributed by atoms with Crippen molar-refractivity contribution in [3.63, 3.8) is 0 Å². The highest BCUT2D eigenvalue weighted by molar-refractivity contribution is 7.89. The van der Waals surface area contributed by atoms with Crippen molar-refractivity contribution in [2.75, 3.05) is 36.4 Å². The van der Waals surface area contributed by atoms with Crippen LogP contribution >= 0.6 is 0 Å². The van der Waals surface area contributed by atoms with E-state index in [1.807, 2.05) is 75.4 Å². The molecule has 0 unspecified atom stereocenters. The Kier molecular flexibility index (Phi) is 5.93. The van der Waals surface area contributed by atoms with E-state index in [2.05, 4.69) is 20.4 Å². The summed E-state index contributed by atoms with van der Waals surface area (Å²) in [6.07, 6.45) is 0. The predicted molar refractivity (Wildman–Crippen MR) is 123 cm³/mol. The number of rotatable bonds is 5. The Bertz CT molecular complexity index is 1130. The molecule has 1 fully saturated rings. The lowest BCUT2D eigenvalue weighted by Gasteiger charge is -2.35. The van der Waals surface area contributed by atoms with E-state index in [1.165, 1.54) is 0 Å². The first-order valence-corrected chi connectivity index (χ1v) is 11.8. The van der Waals surface area contributed by atoms with Crippen LogP contribution in [0.3, 0.4) is 0 Å². The zero-order valence-electron chi connectivity index (χ0n) is 18.0. The van der Waals surface area contributed by atoms with Crippen LogP contribution in [0.25, 0.3) is 0 Å². The summed E-state index contributed by atoms with van der Waals surface area (Å²) >= 11 is 0. The van der Waals surface area contributed by atoms with E-state index >= 15 is 0 Å². The monoisotopic (exact) mass is 437 g/mol. The third kappa shape index (κ3) is 4.55. The molecule has 1 saturated heterocycles. The molecule has 0 radical (unpaired) electrons. The van der Waals surface area contributed by atoms with Crippen molar-refractivity contribution >= 4 is 27.3 Å². The maximum atomic E-state index is 13.3. The van der Waals surface area contributed by atoms with Gasteiger partial charge in [-0.1, -0.05) is 35.9 Å². The fraction of sp³-hybridized carbons (Fsp3) is 0.304. The van der Waals surface area contributed by atoms with Gasteiger partial charge < -0.3 is 10.2 Å². The number of benzene rings is 2. The maximum Gasteiger partial charge on any atom is 0.243 e. The molecule has 0 aliphatic carbocycles. The molecule has 2 heterocycles. The SMILES string of the molecule is Cc1cc(C)c(S(=O)(=O)N2CCN(c3ccc(Nc4ccccc4)nn3)CC2)c(C)c1. The fourth-order valence-corrected chi connectivity index (χ4v) is 5.92. The van der Waals surface area contributed by atoms with Gasteiger partial charge >= 0.3 is 0 Å². The Morgan fingerprint density at radius 3 is 2.06 bits per heavy atom. The minimum atomic E-state index is -3.53. The molecule has 1 N–H and O–H groups in total. The molecule has 8 heteroatoms. The lowest BCUT2D eigenvalue weighted by atomic mass is 10.1. The molecule has 0 atom stereocenters. The van der Waals surface area contributed by atoms with E-state index < -0.39 is 10.0 Å². The minimum absolute atomic E-state index is 0.417. The van der Waals surface area contributed by atoms with Crippen molar-refractivity contribution in [1.29, 1.82) is 0 Å². The van der Waals surface area contributed by atoms with E-state index in [9.17, 15) is 8.42 Å². The van der Waals surface area contributed by atoms with Crippen LogP contribution in [-0.4, -0.2) is 49.1 Å². The molecule has 0 saturated carbocycles. The average molecular weight is 438 g/mol. The number of hydrogen-bond donors (Lipinski definition) is 1. The zero-order valence-corrected chi connectivity index (χ0v) is 18.9. The molecule has 1 aliphatic rings. The molecule has 0 spiro atoms. The molecule has 7 nitrogen and oxygen atoms in total. The van der Waals surface area contributed by atoms with Crippen molar-refractivity contribution in [3.05, 3.63) is 71.3 Å². The third-order valence-electron chi connectivity index (χ3n) is 5.46. The lowest BCUT2D eigenvalue weighted by Crippen LogP contribution is -2.49. The molecule has 0 bridgehead atoms. The first-order valence-electron chi connectivity index (χ1n) is 10.3. The smallest absolute Gasteiger partial charge is 0.243 e. The van der Waals surface area contributed by atoms with Crippen molar-refractivity contribution < 1.29 is 8.42 Å². The molecular formula is C23H27N5O2S. The van der Waals surface area contributed by atoms with E-state index in [0.717, 1.165) is 28.2 Å². The van der Waals surface area contributed by atoms with Crippen molar-refractivity contribution in [1.82, 2.24) is 14.5 Å². The molecule has 1 aromatic heterocycles. The van der Waals surface area contributed by atoms with Crippen LogP contribution in [0.4, 0.5) is 17.3 Å². The van der Waals surface area contributed by atoms with Gasteiger partial charge in [-0.3, -0.25) is 0 Å². The number of sulfonamides is 1. The number of para-hydroxylation sites is 1. The summed E-state index contributed by atoms with van der Waals surface area (Å²) in [5.41, 5.74) is 3.62. The second-order valence-electron chi connectivity index (χ2n) is 7.89. The molecular weight excluding hydrogens is 410 g/mol. The Morgan fingerprint density at radius 2 is 1.48 bits per heavy atom. The molecule has 162 valence electrons. The van der Waals surface area contributed by atoms with Crippen LogP contribution in [0, 0.1) is 20.8 Å². The number of nitrogens with one attached hydrogen (secondary N) is 1. The summed E-state index contributed by atoms with van der Waals surface area (Å²) in [5.74, 6) is 1.42. The molecule has 4 rings (SSSR count). The van der Waals surface area contributed by atoms with E-state index in [1.54, 1.807) is 4.31 Å². The van der Waals surface area contributed by atoms with Gasteiger partial charge in [0.05, 0.1) is 4.90 Å². The fourth-order valence-electron chi connectivity index (χ4n) is 4.09. The standard InChI is InChI=1S/C23H27N5O2S/c1-17-15-18(2)23(19(3)16-17)31(29,30)28-13-11-27(12-14-28)22-10-9-21(25-26-22)24-20-7-5-4-6-8-20/h4-10,15-16H,11-14H2,1-3H3,(H,24,25). The van der Waals surface area contributed by atoms with E-state index in [0.29, 0.717) is 36.9 Å². The second-order valence-corrected chi connectivity index (χ2v) is 9.76. The summed E-state index contributed by atoms with van der Waals surface area (Å²) in [7, 11) is -3.53. The van der Waals surface area contributed by atoms with Gasteiger partial charge in [0.1, 0.15) is 0 Å².